The summed E-state index contributed by atoms with van der Waals surface area (Å²) in [5.74, 6) is -0.00960. The summed E-state index contributed by atoms with van der Waals surface area (Å²) in [4.78, 5) is 14.8. The molecule has 2 aromatic rings. The maximum Gasteiger partial charge on any atom is 0.314 e. The van der Waals surface area contributed by atoms with Crippen molar-refractivity contribution in [1.29, 1.82) is 0 Å². The van der Waals surface area contributed by atoms with E-state index in [2.05, 4.69) is 4.98 Å². The molecule has 2 rings (SSSR count). The molecule has 0 aliphatic carbocycles. The summed E-state index contributed by atoms with van der Waals surface area (Å²) in [6.07, 6.45) is 1.79. The topological polar surface area (TPSA) is 77.3 Å². The quantitative estimate of drug-likeness (QED) is 0.840. The van der Waals surface area contributed by atoms with Crippen LogP contribution in [0.5, 0.6) is 5.75 Å². The number of halogens is 1. The molecule has 0 radical (unpaired) electrons. The molecule has 19 heavy (non-hydrogen) atoms. The van der Waals surface area contributed by atoms with Crippen molar-refractivity contribution >= 4 is 29.3 Å². The van der Waals surface area contributed by atoms with Gasteiger partial charge in [-0.05, 0) is 17.7 Å². The van der Waals surface area contributed by atoms with Crippen molar-refractivity contribution < 1.29 is 14.3 Å². The molecule has 0 amide bonds. The Morgan fingerprint density at radius 1 is 1.42 bits per heavy atom. The maximum atomic E-state index is 11.7. The van der Waals surface area contributed by atoms with Crippen LogP contribution in [0.25, 0.3) is 10.9 Å². The van der Waals surface area contributed by atoms with E-state index in [1.54, 1.807) is 13.3 Å². The zero-order chi connectivity index (χ0) is 13.1. The van der Waals surface area contributed by atoms with Crippen LogP contribution in [0.1, 0.15) is 11.5 Å². The number of nitrogens with one attached hydrogen (secondary N) is 1. The average Bonchev–Trinajstić information content (AvgIpc) is 2.82. The minimum atomic E-state index is -0.447. The molecule has 3 N–H and O–H groups in total. The van der Waals surface area contributed by atoms with Crippen molar-refractivity contribution in [2.24, 2.45) is 5.73 Å². The highest BCUT2D eigenvalue weighted by atomic mass is 35.5. The molecular weight excluding hydrogens is 268 g/mol. The number of H-pyrrole nitrogens is 1. The third-order valence-corrected chi connectivity index (χ3v) is 3.02. The molecule has 1 aromatic carbocycles. The van der Waals surface area contributed by atoms with Crippen LogP contribution >= 0.6 is 12.4 Å². The van der Waals surface area contributed by atoms with Crippen LogP contribution in [0, 0.1) is 0 Å². The predicted octanol–water partition coefficient (Wildman–Crippen LogP) is 1.81. The van der Waals surface area contributed by atoms with Crippen molar-refractivity contribution in [3.63, 3.8) is 0 Å². The first-order chi connectivity index (χ1) is 8.71. The van der Waals surface area contributed by atoms with Crippen LogP contribution in [-0.2, 0) is 9.53 Å². The largest absolute Gasteiger partial charge is 0.497 e. The SMILES string of the molecule is COC(=O)C(CN)c1c[nH]c2cc(OC)ccc12.Cl. The highest BCUT2D eigenvalue weighted by molar-refractivity contribution is 5.90. The smallest absolute Gasteiger partial charge is 0.314 e. The molecule has 1 aromatic heterocycles. The van der Waals surface area contributed by atoms with Gasteiger partial charge in [0.25, 0.3) is 0 Å². The lowest BCUT2D eigenvalue weighted by Gasteiger charge is -2.11. The fourth-order valence-corrected chi connectivity index (χ4v) is 2.04. The van der Waals surface area contributed by atoms with Gasteiger partial charge in [0.2, 0.25) is 0 Å². The highest BCUT2D eigenvalue weighted by Crippen LogP contribution is 2.28. The number of esters is 1. The molecule has 6 heteroatoms. The van der Waals surface area contributed by atoms with E-state index in [9.17, 15) is 4.79 Å². The number of ether oxygens (including phenoxy) is 2. The van der Waals surface area contributed by atoms with Gasteiger partial charge in [0.15, 0.2) is 0 Å². The minimum Gasteiger partial charge on any atom is -0.497 e. The zero-order valence-corrected chi connectivity index (χ0v) is 11.6. The van der Waals surface area contributed by atoms with Crippen LogP contribution < -0.4 is 10.5 Å². The second-order valence-electron chi connectivity index (χ2n) is 3.97. The Labute approximate surface area is 117 Å². The van der Waals surface area contributed by atoms with Gasteiger partial charge >= 0.3 is 5.97 Å². The Morgan fingerprint density at radius 2 is 2.16 bits per heavy atom. The predicted molar refractivity (Wildman–Crippen MR) is 75.9 cm³/mol. The lowest BCUT2D eigenvalue weighted by molar-refractivity contribution is -0.142. The van der Waals surface area contributed by atoms with Crippen molar-refractivity contribution in [2.75, 3.05) is 20.8 Å². The van der Waals surface area contributed by atoms with E-state index in [4.69, 9.17) is 15.2 Å². The molecule has 0 aliphatic rings. The monoisotopic (exact) mass is 284 g/mol. The first-order valence-electron chi connectivity index (χ1n) is 5.64. The first-order valence-corrected chi connectivity index (χ1v) is 5.64. The van der Waals surface area contributed by atoms with Gasteiger partial charge in [-0.2, -0.15) is 0 Å². The summed E-state index contributed by atoms with van der Waals surface area (Å²) in [5, 5.41) is 0.955. The summed E-state index contributed by atoms with van der Waals surface area (Å²) in [6, 6.07) is 5.64. The third kappa shape index (κ3) is 2.83. The molecule has 0 saturated heterocycles. The van der Waals surface area contributed by atoms with E-state index in [0.29, 0.717) is 0 Å². The van der Waals surface area contributed by atoms with E-state index in [-0.39, 0.29) is 24.9 Å². The van der Waals surface area contributed by atoms with Crippen LogP contribution in [0.3, 0.4) is 0 Å². The van der Waals surface area contributed by atoms with Crippen molar-refractivity contribution in [3.05, 3.63) is 30.0 Å². The van der Waals surface area contributed by atoms with Gasteiger partial charge in [-0.1, -0.05) is 0 Å². The second-order valence-corrected chi connectivity index (χ2v) is 3.97. The van der Waals surface area contributed by atoms with Crippen LogP contribution in [0.2, 0.25) is 0 Å². The number of hydrogen-bond donors (Lipinski definition) is 2. The fraction of sp³-hybridized carbons (Fsp3) is 0.308. The highest BCUT2D eigenvalue weighted by Gasteiger charge is 2.22. The molecule has 5 nitrogen and oxygen atoms in total. The number of rotatable bonds is 4. The Hall–Kier alpha value is -1.72. The number of aromatic amines is 1. The molecule has 1 unspecified atom stereocenters. The molecule has 1 atom stereocenters. The maximum absolute atomic E-state index is 11.7. The number of benzene rings is 1. The Bertz CT molecular complexity index is 568. The van der Waals surface area contributed by atoms with E-state index < -0.39 is 5.92 Å². The summed E-state index contributed by atoms with van der Waals surface area (Å²) >= 11 is 0. The van der Waals surface area contributed by atoms with Crippen molar-refractivity contribution in [1.82, 2.24) is 4.98 Å². The Kier molecular flexibility index (Phi) is 5.20. The molecule has 0 fully saturated rings. The Balaban J connectivity index is 0.00000180. The van der Waals surface area contributed by atoms with Gasteiger partial charge in [0, 0.05) is 29.7 Å². The van der Waals surface area contributed by atoms with Crippen molar-refractivity contribution in [2.45, 2.75) is 5.92 Å². The van der Waals surface area contributed by atoms with E-state index in [0.717, 1.165) is 22.2 Å². The first kappa shape index (κ1) is 15.3. The summed E-state index contributed by atoms with van der Waals surface area (Å²) in [7, 11) is 2.98. The zero-order valence-electron chi connectivity index (χ0n) is 10.8. The standard InChI is InChI=1S/C13H16N2O3.ClH/c1-17-8-3-4-9-11(7-15-12(9)5-8)10(6-14)13(16)18-2;/h3-5,7,10,15H,6,14H2,1-2H3;1H. The molecule has 104 valence electrons. The lowest BCUT2D eigenvalue weighted by Crippen LogP contribution is -2.22. The van der Waals surface area contributed by atoms with Crippen LogP contribution in [-0.4, -0.2) is 31.7 Å². The van der Waals surface area contributed by atoms with E-state index in [1.807, 2.05) is 18.2 Å². The van der Waals surface area contributed by atoms with Crippen LogP contribution in [0.15, 0.2) is 24.4 Å². The van der Waals surface area contributed by atoms with Gasteiger partial charge in [0.1, 0.15) is 5.75 Å². The molecule has 1 heterocycles. The molecule has 0 spiro atoms. The number of nitrogens with two attached hydrogens (primary N) is 1. The van der Waals surface area contributed by atoms with E-state index in [1.165, 1.54) is 7.11 Å². The van der Waals surface area contributed by atoms with Crippen molar-refractivity contribution in [3.8, 4) is 5.75 Å². The van der Waals surface area contributed by atoms with Crippen LogP contribution in [0.4, 0.5) is 0 Å². The Morgan fingerprint density at radius 3 is 2.74 bits per heavy atom. The van der Waals surface area contributed by atoms with Gasteiger partial charge in [-0.15, -0.1) is 12.4 Å². The number of aromatic nitrogens is 1. The summed E-state index contributed by atoms with van der Waals surface area (Å²) < 4.78 is 9.91. The fourth-order valence-electron chi connectivity index (χ4n) is 2.04. The van der Waals surface area contributed by atoms with Gasteiger partial charge < -0.3 is 20.2 Å². The molecular formula is C13H17ClN2O3. The molecule has 0 bridgehead atoms. The number of fused-ring (bicyclic) bond motifs is 1. The molecule has 0 aliphatic heterocycles. The van der Waals surface area contributed by atoms with E-state index >= 15 is 0 Å². The van der Waals surface area contributed by atoms with Gasteiger partial charge in [-0.3, -0.25) is 4.79 Å². The summed E-state index contributed by atoms with van der Waals surface area (Å²) in [5.41, 5.74) is 7.41. The minimum absolute atomic E-state index is 0. The third-order valence-electron chi connectivity index (χ3n) is 3.02. The van der Waals surface area contributed by atoms with Gasteiger partial charge in [0.05, 0.1) is 20.1 Å². The number of methoxy groups -OCH3 is 2. The lowest BCUT2D eigenvalue weighted by atomic mass is 9.99. The summed E-state index contributed by atoms with van der Waals surface area (Å²) in [6.45, 7) is 0.214. The number of hydrogen-bond acceptors (Lipinski definition) is 4. The normalized spacial score (nSPS) is 11.7. The second kappa shape index (κ2) is 6.45. The number of carbonyl (C=O) groups excluding carboxylic acids is 1. The van der Waals surface area contributed by atoms with Gasteiger partial charge in [-0.25, -0.2) is 0 Å². The average molecular weight is 285 g/mol. The number of carbonyl (C=O) groups is 1. The molecule has 0 saturated carbocycles.